The van der Waals surface area contributed by atoms with E-state index < -0.39 is 0 Å². The lowest BCUT2D eigenvalue weighted by Crippen LogP contribution is -2.40. The molecule has 0 aromatic heterocycles. The van der Waals surface area contributed by atoms with Gasteiger partial charge < -0.3 is 14.2 Å². The smallest absolute Gasteiger partial charge is 0.165 e. The molecule has 0 bridgehead atoms. The van der Waals surface area contributed by atoms with Crippen LogP contribution in [0.3, 0.4) is 0 Å². The van der Waals surface area contributed by atoms with E-state index in [2.05, 4.69) is 4.90 Å². The van der Waals surface area contributed by atoms with Gasteiger partial charge in [0.1, 0.15) is 0 Å². The summed E-state index contributed by atoms with van der Waals surface area (Å²) in [6.07, 6.45) is 2.21. The van der Waals surface area contributed by atoms with Gasteiger partial charge in [-0.3, -0.25) is 4.90 Å². The molecule has 2 heterocycles. The molecule has 0 N–H and O–H groups in total. The summed E-state index contributed by atoms with van der Waals surface area (Å²) in [6, 6.07) is 5.17. The van der Waals surface area contributed by atoms with Gasteiger partial charge in [-0.2, -0.15) is 0 Å². The van der Waals surface area contributed by atoms with Crippen LogP contribution in [-0.2, 0) is 16.0 Å². The number of piperidine rings is 1. The highest BCUT2D eigenvalue weighted by atomic mass is 19.1. The second-order valence-electron chi connectivity index (χ2n) is 5.72. The maximum absolute atomic E-state index is 13.7. The molecule has 2 aliphatic heterocycles. The minimum Gasteiger partial charge on any atom is -0.494 e. The lowest BCUT2D eigenvalue weighted by molar-refractivity contribution is -0.101. The lowest BCUT2D eigenvalue weighted by atomic mass is 9.97. The Labute approximate surface area is 124 Å². The van der Waals surface area contributed by atoms with Gasteiger partial charge in [0.25, 0.3) is 0 Å². The van der Waals surface area contributed by atoms with E-state index in [1.54, 1.807) is 12.1 Å². The van der Waals surface area contributed by atoms with Crippen LogP contribution in [0.5, 0.6) is 5.75 Å². The summed E-state index contributed by atoms with van der Waals surface area (Å²) in [4.78, 5) is 2.35. The number of halogens is 1. The van der Waals surface area contributed by atoms with Crippen molar-refractivity contribution in [3.8, 4) is 5.75 Å². The summed E-state index contributed by atoms with van der Waals surface area (Å²) < 4.78 is 29.9. The largest absolute Gasteiger partial charge is 0.494 e. The fraction of sp³-hybridized carbons (Fsp3) is 0.625. The van der Waals surface area contributed by atoms with Crippen molar-refractivity contribution >= 4 is 0 Å². The van der Waals surface area contributed by atoms with Crippen LogP contribution in [-0.4, -0.2) is 44.6 Å². The first-order chi connectivity index (χ1) is 10.3. The molecule has 21 heavy (non-hydrogen) atoms. The zero-order valence-corrected chi connectivity index (χ0v) is 12.4. The Bertz CT molecular complexity index is 477. The van der Waals surface area contributed by atoms with Gasteiger partial charge in [0.05, 0.1) is 20.3 Å². The first kappa shape index (κ1) is 14.8. The molecule has 0 aliphatic carbocycles. The summed E-state index contributed by atoms with van der Waals surface area (Å²) >= 11 is 0. The van der Waals surface area contributed by atoms with Crippen LogP contribution in [0.1, 0.15) is 18.4 Å². The summed E-state index contributed by atoms with van der Waals surface area (Å²) in [5, 5.41) is 0. The molecule has 116 valence electrons. The molecule has 0 radical (unpaired) electrons. The van der Waals surface area contributed by atoms with E-state index in [1.807, 2.05) is 6.07 Å². The molecule has 0 spiro atoms. The summed E-state index contributed by atoms with van der Waals surface area (Å²) in [7, 11) is 1.48. The van der Waals surface area contributed by atoms with Crippen LogP contribution in [0.25, 0.3) is 0 Å². The number of hydrogen-bond acceptors (Lipinski definition) is 4. The van der Waals surface area contributed by atoms with Gasteiger partial charge in [-0.1, -0.05) is 6.07 Å². The standard InChI is InChI=1S/C16H22FNO3/c1-19-15-5-4-12(9-14(15)17)10-18-6-2-3-13(11-18)16-20-7-8-21-16/h4-5,9,13,16H,2-3,6-8,10-11H2,1H3. The van der Waals surface area contributed by atoms with Crippen molar-refractivity contribution in [3.05, 3.63) is 29.6 Å². The first-order valence-corrected chi connectivity index (χ1v) is 7.54. The molecule has 5 heteroatoms. The van der Waals surface area contributed by atoms with E-state index in [1.165, 1.54) is 7.11 Å². The Morgan fingerprint density at radius 2 is 2.14 bits per heavy atom. The normalized spacial score (nSPS) is 24.4. The van der Waals surface area contributed by atoms with Crippen molar-refractivity contribution in [3.63, 3.8) is 0 Å². The SMILES string of the molecule is COc1ccc(CN2CCCC(C3OCCO3)C2)cc1F. The second-order valence-corrected chi connectivity index (χ2v) is 5.72. The topological polar surface area (TPSA) is 30.9 Å². The van der Waals surface area contributed by atoms with Gasteiger partial charge in [-0.25, -0.2) is 4.39 Å². The third-order valence-electron chi connectivity index (χ3n) is 4.20. The Morgan fingerprint density at radius 3 is 2.86 bits per heavy atom. The Hall–Kier alpha value is -1.17. The molecule has 2 aliphatic rings. The molecule has 1 unspecified atom stereocenters. The van der Waals surface area contributed by atoms with Crippen LogP contribution in [0.2, 0.25) is 0 Å². The molecule has 4 nitrogen and oxygen atoms in total. The van der Waals surface area contributed by atoms with E-state index in [9.17, 15) is 4.39 Å². The first-order valence-electron chi connectivity index (χ1n) is 7.54. The molecular formula is C16H22FNO3. The molecule has 3 rings (SSSR count). The molecular weight excluding hydrogens is 273 g/mol. The Balaban J connectivity index is 1.60. The van der Waals surface area contributed by atoms with Crippen LogP contribution < -0.4 is 4.74 Å². The van der Waals surface area contributed by atoms with Crippen molar-refractivity contribution < 1.29 is 18.6 Å². The number of likely N-dealkylation sites (tertiary alicyclic amines) is 1. The van der Waals surface area contributed by atoms with Gasteiger partial charge in [0.15, 0.2) is 17.9 Å². The number of methoxy groups -OCH3 is 1. The van der Waals surface area contributed by atoms with E-state index >= 15 is 0 Å². The van der Waals surface area contributed by atoms with Gasteiger partial charge in [-0.05, 0) is 37.1 Å². The molecule has 2 fully saturated rings. The summed E-state index contributed by atoms with van der Waals surface area (Å²) in [5.74, 6) is 0.415. The minimum atomic E-state index is -0.300. The molecule has 0 amide bonds. The monoisotopic (exact) mass is 295 g/mol. The Kier molecular flexibility index (Phi) is 4.73. The zero-order chi connectivity index (χ0) is 14.7. The number of ether oxygens (including phenoxy) is 3. The highest BCUT2D eigenvalue weighted by molar-refractivity contribution is 5.29. The third kappa shape index (κ3) is 3.54. The van der Waals surface area contributed by atoms with Gasteiger partial charge in [0, 0.05) is 19.0 Å². The van der Waals surface area contributed by atoms with Crippen molar-refractivity contribution in [2.75, 3.05) is 33.4 Å². The van der Waals surface area contributed by atoms with Crippen molar-refractivity contribution in [2.24, 2.45) is 5.92 Å². The zero-order valence-electron chi connectivity index (χ0n) is 12.4. The highest BCUT2D eigenvalue weighted by Gasteiger charge is 2.31. The summed E-state index contributed by atoms with van der Waals surface area (Å²) in [6.45, 7) is 4.13. The number of nitrogens with zero attached hydrogens (tertiary/aromatic N) is 1. The molecule has 1 aromatic carbocycles. The minimum absolute atomic E-state index is 0.0552. The van der Waals surface area contributed by atoms with Crippen molar-refractivity contribution in [2.45, 2.75) is 25.7 Å². The maximum Gasteiger partial charge on any atom is 0.165 e. The average Bonchev–Trinajstić information content (AvgIpc) is 3.02. The lowest BCUT2D eigenvalue weighted by Gasteiger charge is -2.34. The van der Waals surface area contributed by atoms with E-state index in [4.69, 9.17) is 14.2 Å². The highest BCUT2D eigenvalue weighted by Crippen LogP contribution is 2.26. The van der Waals surface area contributed by atoms with E-state index in [-0.39, 0.29) is 12.1 Å². The van der Waals surface area contributed by atoms with Crippen LogP contribution in [0.4, 0.5) is 4.39 Å². The van der Waals surface area contributed by atoms with Gasteiger partial charge in [0.2, 0.25) is 0 Å². The van der Waals surface area contributed by atoms with Crippen LogP contribution in [0.15, 0.2) is 18.2 Å². The van der Waals surface area contributed by atoms with Gasteiger partial charge >= 0.3 is 0 Å². The quantitative estimate of drug-likeness (QED) is 0.853. The second kappa shape index (κ2) is 6.73. The fourth-order valence-corrected chi connectivity index (χ4v) is 3.17. The molecule has 2 saturated heterocycles. The van der Waals surface area contributed by atoms with E-state index in [0.29, 0.717) is 24.9 Å². The predicted octanol–water partition coefficient (Wildman–Crippen LogP) is 2.42. The van der Waals surface area contributed by atoms with Crippen molar-refractivity contribution in [1.82, 2.24) is 4.90 Å². The molecule has 1 atom stereocenters. The predicted molar refractivity (Wildman–Crippen MR) is 76.6 cm³/mol. The van der Waals surface area contributed by atoms with E-state index in [0.717, 1.165) is 38.0 Å². The fourth-order valence-electron chi connectivity index (χ4n) is 3.17. The number of hydrogen-bond donors (Lipinski definition) is 0. The molecule has 0 saturated carbocycles. The Morgan fingerprint density at radius 1 is 1.33 bits per heavy atom. The summed E-state index contributed by atoms with van der Waals surface area (Å²) in [5.41, 5.74) is 0.974. The maximum atomic E-state index is 13.7. The molecule has 1 aromatic rings. The van der Waals surface area contributed by atoms with Crippen LogP contribution in [0, 0.1) is 11.7 Å². The third-order valence-corrected chi connectivity index (χ3v) is 4.20. The average molecular weight is 295 g/mol. The van der Waals surface area contributed by atoms with Crippen molar-refractivity contribution in [1.29, 1.82) is 0 Å². The number of rotatable bonds is 4. The number of benzene rings is 1. The van der Waals surface area contributed by atoms with Crippen LogP contribution >= 0.6 is 0 Å². The van der Waals surface area contributed by atoms with Gasteiger partial charge in [-0.15, -0.1) is 0 Å².